The van der Waals surface area contributed by atoms with Gasteiger partial charge in [-0.15, -0.1) is 0 Å². The van der Waals surface area contributed by atoms with Crippen LogP contribution in [0.25, 0.3) is 0 Å². The van der Waals surface area contributed by atoms with Gasteiger partial charge < -0.3 is 9.47 Å². The van der Waals surface area contributed by atoms with Crippen molar-refractivity contribution in [2.24, 2.45) is 5.41 Å². The third kappa shape index (κ3) is 2.78. The van der Waals surface area contributed by atoms with Gasteiger partial charge in [0.15, 0.2) is 0 Å². The summed E-state index contributed by atoms with van der Waals surface area (Å²) in [5.41, 5.74) is -0.236. The molecule has 2 fully saturated rings. The standard InChI is InChI=1S/C15H22N2O4S/c1-20-12-15-6-3-9-21-14(15)5-8-17(11-15)22(18,19)13-4-2-7-16-10-13/h2,4,7,10,14H,3,5-6,8-9,11-12H2,1H3/t14-,15+/m0/s1. The van der Waals surface area contributed by atoms with Gasteiger partial charge in [0.2, 0.25) is 10.0 Å². The van der Waals surface area contributed by atoms with Gasteiger partial charge in [0, 0.05) is 44.6 Å². The highest BCUT2D eigenvalue weighted by molar-refractivity contribution is 7.89. The molecule has 22 heavy (non-hydrogen) atoms. The SMILES string of the molecule is COC[C@]12CCCO[C@H]1CCN(S(=O)(=O)c1cccnc1)C2. The van der Waals surface area contributed by atoms with Crippen molar-refractivity contribution in [2.75, 3.05) is 33.4 Å². The van der Waals surface area contributed by atoms with E-state index in [2.05, 4.69) is 4.98 Å². The fourth-order valence-corrected chi connectivity index (χ4v) is 5.12. The van der Waals surface area contributed by atoms with Crippen LogP contribution in [0.4, 0.5) is 0 Å². The zero-order chi connectivity index (χ0) is 15.6. The third-order valence-corrected chi connectivity index (χ3v) is 6.49. The maximum Gasteiger partial charge on any atom is 0.244 e. The number of sulfonamides is 1. The van der Waals surface area contributed by atoms with E-state index in [1.165, 1.54) is 6.20 Å². The first kappa shape index (κ1) is 15.9. The van der Waals surface area contributed by atoms with E-state index in [0.29, 0.717) is 26.1 Å². The Balaban J connectivity index is 1.87. The van der Waals surface area contributed by atoms with Crippen LogP contribution in [0.1, 0.15) is 19.3 Å². The minimum absolute atomic E-state index is 0.0848. The topological polar surface area (TPSA) is 68.7 Å². The van der Waals surface area contributed by atoms with E-state index in [9.17, 15) is 8.42 Å². The maximum absolute atomic E-state index is 12.8. The molecule has 0 spiro atoms. The van der Waals surface area contributed by atoms with Gasteiger partial charge in [-0.05, 0) is 31.4 Å². The van der Waals surface area contributed by atoms with Crippen LogP contribution >= 0.6 is 0 Å². The lowest BCUT2D eigenvalue weighted by molar-refractivity contribution is -0.137. The summed E-state index contributed by atoms with van der Waals surface area (Å²) in [4.78, 5) is 4.17. The van der Waals surface area contributed by atoms with E-state index in [4.69, 9.17) is 9.47 Å². The van der Waals surface area contributed by atoms with Gasteiger partial charge in [-0.25, -0.2) is 8.42 Å². The van der Waals surface area contributed by atoms with E-state index >= 15 is 0 Å². The number of nitrogens with zero attached hydrogens (tertiary/aromatic N) is 2. The Morgan fingerprint density at radius 3 is 3.14 bits per heavy atom. The molecule has 6 nitrogen and oxygen atoms in total. The molecule has 0 bridgehead atoms. The van der Waals surface area contributed by atoms with E-state index in [-0.39, 0.29) is 16.4 Å². The van der Waals surface area contributed by atoms with Crippen molar-refractivity contribution in [3.05, 3.63) is 24.5 Å². The summed E-state index contributed by atoms with van der Waals surface area (Å²) in [5.74, 6) is 0. The predicted octanol–water partition coefficient (Wildman–Crippen LogP) is 1.29. The maximum atomic E-state index is 12.8. The van der Waals surface area contributed by atoms with E-state index in [1.54, 1.807) is 29.7 Å². The molecule has 0 unspecified atom stereocenters. The van der Waals surface area contributed by atoms with Crippen LogP contribution in [-0.2, 0) is 19.5 Å². The van der Waals surface area contributed by atoms with Gasteiger partial charge in [0.05, 0.1) is 12.7 Å². The van der Waals surface area contributed by atoms with Crippen molar-refractivity contribution in [1.29, 1.82) is 0 Å². The largest absolute Gasteiger partial charge is 0.384 e. The fraction of sp³-hybridized carbons (Fsp3) is 0.667. The molecule has 1 aromatic rings. The van der Waals surface area contributed by atoms with E-state index in [0.717, 1.165) is 19.4 Å². The molecule has 2 saturated heterocycles. The first-order chi connectivity index (χ1) is 10.6. The summed E-state index contributed by atoms with van der Waals surface area (Å²) in [6.07, 6.45) is 5.66. The molecule has 1 aromatic heterocycles. The number of hydrogen-bond donors (Lipinski definition) is 0. The molecule has 122 valence electrons. The monoisotopic (exact) mass is 326 g/mol. The highest BCUT2D eigenvalue weighted by Gasteiger charge is 2.48. The number of hydrogen-bond acceptors (Lipinski definition) is 5. The number of aromatic nitrogens is 1. The van der Waals surface area contributed by atoms with Crippen LogP contribution in [0.5, 0.6) is 0 Å². The van der Waals surface area contributed by atoms with Gasteiger partial charge in [-0.3, -0.25) is 4.98 Å². The predicted molar refractivity (Wildman–Crippen MR) is 80.9 cm³/mol. The molecule has 7 heteroatoms. The average Bonchev–Trinajstić information content (AvgIpc) is 2.55. The molecule has 0 aliphatic carbocycles. The first-order valence-corrected chi connectivity index (χ1v) is 9.03. The molecule has 0 N–H and O–H groups in total. The average molecular weight is 326 g/mol. The quantitative estimate of drug-likeness (QED) is 0.834. The molecule has 3 heterocycles. The van der Waals surface area contributed by atoms with Crippen molar-refractivity contribution < 1.29 is 17.9 Å². The van der Waals surface area contributed by atoms with Crippen LogP contribution in [-0.4, -0.2) is 57.2 Å². The van der Waals surface area contributed by atoms with Crippen LogP contribution in [0.3, 0.4) is 0 Å². The summed E-state index contributed by atoms with van der Waals surface area (Å²) in [5, 5.41) is 0. The number of piperidine rings is 1. The number of methoxy groups -OCH3 is 1. The Morgan fingerprint density at radius 2 is 2.41 bits per heavy atom. The Kier molecular flexibility index (Phi) is 4.49. The van der Waals surface area contributed by atoms with E-state index in [1.807, 2.05) is 0 Å². The molecule has 3 rings (SSSR count). The highest BCUT2D eigenvalue weighted by Crippen LogP contribution is 2.41. The summed E-state index contributed by atoms with van der Waals surface area (Å²) in [6, 6.07) is 3.24. The molecule has 2 aliphatic heterocycles. The van der Waals surface area contributed by atoms with Gasteiger partial charge in [0.1, 0.15) is 4.90 Å². The lowest BCUT2D eigenvalue weighted by Crippen LogP contribution is -2.57. The zero-order valence-corrected chi connectivity index (χ0v) is 13.6. The Labute approximate surface area is 131 Å². The summed E-state index contributed by atoms with van der Waals surface area (Å²) >= 11 is 0. The second-order valence-corrected chi connectivity index (χ2v) is 8.01. The van der Waals surface area contributed by atoms with Gasteiger partial charge >= 0.3 is 0 Å². The molecular weight excluding hydrogens is 304 g/mol. The van der Waals surface area contributed by atoms with Crippen molar-refractivity contribution >= 4 is 10.0 Å². The number of pyridine rings is 1. The third-order valence-electron chi connectivity index (χ3n) is 4.66. The lowest BCUT2D eigenvalue weighted by atomic mass is 9.73. The van der Waals surface area contributed by atoms with Crippen LogP contribution in [0.2, 0.25) is 0 Å². The van der Waals surface area contributed by atoms with Gasteiger partial charge in [-0.2, -0.15) is 4.31 Å². The molecule has 2 atom stereocenters. The molecule has 0 aromatic carbocycles. The highest BCUT2D eigenvalue weighted by atomic mass is 32.2. The Hall–Kier alpha value is -1.02. The van der Waals surface area contributed by atoms with Crippen molar-refractivity contribution in [3.8, 4) is 0 Å². The molecule has 0 amide bonds. The number of fused-ring (bicyclic) bond motifs is 1. The molecule has 2 aliphatic rings. The minimum atomic E-state index is -3.51. The second-order valence-electron chi connectivity index (χ2n) is 6.07. The first-order valence-electron chi connectivity index (χ1n) is 7.59. The molecule has 0 saturated carbocycles. The lowest BCUT2D eigenvalue weighted by Gasteiger charge is -2.49. The van der Waals surface area contributed by atoms with E-state index < -0.39 is 10.0 Å². The normalized spacial score (nSPS) is 30.0. The van der Waals surface area contributed by atoms with Crippen molar-refractivity contribution in [3.63, 3.8) is 0 Å². The Morgan fingerprint density at radius 1 is 1.55 bits per heavy atom. The molecule has 0 radical (unpaired) electrons. The van der Waals surface area contributed by atoms with Crippen LogP contribution in [0.15, 0.2) is 29.4 Å². The molecular formula is C15H22N2O4S. The van der Waals surface area contributed by atoms with Gasteiger partial charge in [-0.1, -0.05) is 0 Å². The second kappa shape index (κ2) is 6.23. The summed E-state index contributed by atoms with van der Waals surface area (Å²) in [6.45, 7) is 2.21. The number of ether oxygens (including phenoxy) is 2. The van der Waals surface area contributed by atoms with Crippen LogP contribution in [0, 0.1) is 5.41 Å². The van der Waals surface area contributed by atoms with Crippen molar-refractivity contribution in [2.45, 2.75) is 30.3 Å². The smallest absolute Gasteiger partial charge is 0.244 e. The van der Waals surface area contributed by atoms with Crippen molar-refractivity contribution in [1.82, 2.24) is 9.29 Å². The zero-order valence-electron chi connectivity index (χ0n) is 12.8. The van der Waals surface area contributed by atoms with Crippen LogP contribution < -0.4 is 0 Å². The number of rotatable bonds is 4. The Bertz CT molecular complexity index is 603. The fourth-order valence-electron chi connectivity index (χ4n) is 3.60. The van der Waals surface area contributed by atoms with Gasteiger partial charge in [0.25, 0.3) is 0 Å². The summed E-state index contributed by atoms with van der Waals surface area (Å²) < 4.78 is 38.5. The summed E-state index contributed by atoms with van der Waals surface area (Å²) in [7, 11) is -1.85. The minimum Gasteiger partial charge on any atom is -0.384 e.